The van der Waals surface area contributed by atoms with Gasteiger partial charge in [0.1, 0.15) is 11.4 Å². The maximum atomic E-state index is 12.5. The topological polar surface area (TPSA) is 87.3 Å². The van der Waals surface area contributed by atoms with Gasteiger partial charge in [0, 0.05) is 18.5 Å². The Morgan fingerprint density at radius 3 is 2.87 bits per heavy atom. The van der Waals surface area contributed by atoms with E-state index in [2.05, 4.69) is 20.9 Å². The minimum atomic E-state index is -0.666. The van der Waals surface area contributed by atoms with Crippen LogP contribution in [0.1, 0.15) is 19.4 Å². The Morgan fingerprint density at radius 1 is 1.43 bits per heavy atom. The van der Waals surface area contributed by atoms with E-state index in [1.54, 1.807) is 24.5 Å². The molecule has 2 aromatic rings. The highest BCUT2D eigenvalue weighted by molar-refractivity contribution is 9.10. The zero-order valence-corrected chi connectivity index (χ0v) is 13.9. The van der Waals surface area contributed by atoms with Crippen LogP contribution in [-0.4, -0.2) is 20.1 Å². The first-order chi connectivity index (χ1) is 10.8. The van der Waals surface area contributed by atoms with Gasteiger partial charge in [-0.05, 0) is 41.9 Å². The second-order valence-electron chi connectivity index (χ2n) is 5.59. The van der Waals surface area contributed by atoms with Gasteiger partial charge in [-0.1, -0.05) is 0 Å². The van der Waals surface area contributed by atoms with Crippen LogP contribution in [0.5, 0.6) is 5.75 Å². The first-order valence-corrected chi connectivity index (χ1v) is 7.51. The zero-order chi connectivity index (χ0) is 16.8. The Kier molecular flexibility index (Phi) is 3.56. The minimum absolute atomic E-state index is 0.113. The third kappa shape index (κ3) is 2.77. The fourth-order valence-corrected chi connectivity index (χ4v) is 2.82. The van der Waals surface area contributed by atoms with Crippen molar-refractivity contribution in [3.8, 4) is 5.75 Å². The maximum absolute atomic E-state index is 12.5. The SMILES string of the molecule is CC1(C)C=C(n2cc([N+](=O)[O-])cc(Br)c2=O)c2cnccc2O1. The number of aromatic nitrogens is 2. The molecule has 0 bridgehead atoms. The van der Waals surface area contributed by atoms with Crippen LogP contribution >= 0.6 is 15.9 Å². The lowest BCUT2D eigenvalue weighted by Crippen LogP contribution is -2.32. The third-order valence-corrected chi connectivity index (χ3v) is 3.91. The highest BCUT2D eigenvalue weighted by Gasteiger charge is 2.29. The molecule has 118 valence electrons. The fourth-order valence-electron chi connectivity index (χ4n) is 2.40. The van der Waals surface area contributed by atoms with Gasteiger partial charge >= 0.3 is 0 Å². The van der Waals surface area contributed by atoms with Gasteiger partial charge in [-0.25, -0.2) is 0 Å². The van der Waals surface area contributed by atoms with Crippen molar-refractivity contribution in [3.05, 3.63) is 67.3 Å². The van der Waals surface area contributed by atoms with Crippen LogP contribution < -0.4 is 10.3 Å². The lowest BCUT2D eigenvalue weighted by Gasteiger charge is -2.31. The quantitative estimate of drug-likeness (QED) is 0.592. The van der Waals surface area contributed by atoms with E-state index in [0.717, 1.165) is 0 Å². The van der Waals surface area contributed by atoms with Crippen LogP contribution in [0.4, 0.5) is 5.69 Å². The molecule has 1 aliphatic heterocycles. The number of ether oxygens (including phenoxy) is 1. The van der Waals surface area contributed by atoms with Crippen LogP contribution in [0.3, 0.4) is 0 Å². The molecule has 0 saturated heterocycles. The average Bonchev–Trinajstić information content (AvgIpc) is 2.48. The average molecular weight is 378 g/mol. The number of nitro groups is 1. The molecule has 0 aliphatic carbocycles. The molecule has 0 spiro atoms. The third-order valence-electron chi connectivity index (χ3n) is 3.34. The number of hydrogen-bond acceptors (Lipinski definition) is 5. The summed E-state index contributed by atoms with van der Waals surface area (Å²) in [5.41, 5.74) is -0.151. The van der Waals surface area contributed by atoms with E-state index in [1.165, 1.54) is 16.8 Å². The molecule has 0 amide bonds. The van der Waals surface area contributed by atoms with Crippen molar-refractivity contribution in [2.24, 2.45) is 0 Å². The summed E-state index contributed by atoms with van der Waals surface area (Å²) >= 11 is 3.09. The summed E-state index contributed by atoms with van der Waals surface area (Å²) in [6, 6.07) is 2.88. The molecule has 1 aliphatic rings. The monoisotopic (exact) mass is 377 g/mol. The number of nitrogens with zero attached hydrogens (tertiary/aromatic N) is 3. The Bertz CT molecular complexity index is 902. The summed E-state index contributed by atoms with van der Waals surface area (Å²) in [6.07, 6.45) is 6.10. The summed E-state index contributed by atoms with van der Waals surface area (Å²) in [6.45, 7) is 3.68. The summed E-state index contributed by atoms with van der Waals surface area (Å²) in [5.74, 6) is 0.567. The second-order valence-corrected chi connectivity index (χ2v) is 6.44. The van der Waals surface area contributed by atoms with Crippen LogP contribution in [0.2, 0.25) is 0 Å². The van der Waals surface area contributed by atoms with Crippen molar-refractivity contribution >= 4 is 27.3 Å². The van der Waals surface area contributed by atoms with Gasteiger partial charge < -0.3 is 4.74 Å². The normalized spacial score (nSPS) is 15.3. The number of pyridine rings is 2. The van der Waals surface area contributed by atoms with Gasteiger partial charge in [0.15, 0.2) is 0 Å². The van der Waals surface area contributed by atoms with E-state index < -0.39 is 16.1 Å². The Morgan fingerprint density at radius 2 is 2.17 bits per heavy atom. The largest absolute Gasteiger partial charge is 0.483 e. The number of halogens is 1. The summed E-state index contributed by atoms with van der Waals surface area (Å²) in [4.78, 5) is 27.0. The van der Waals surface area contributed by atoms with Gasteiger partial charge in [-0.2, -0.15) is 0 Å². The highest BCUT2D eigenvalue weighted by atomic mass is 79.9. The standard InChI is InChI=1S/C15H12BrN3O4/c1-15(2)6-12(10-7-17-4-3-13(10)23-15)18-8-9(19(21)22)5-11(16)14(18)20/h3-8H,1-2H3. The molecule has 3 rings (SSSR count). The van der Waals surface area contributed by atoms with Crippen molar-refractivity contribution in [1.29, 1.82) is 0 Å². The molecule has 7 nitrogen and oxygen atoms in total. The van der Waals surface area contributed by atoms with Crippen LogP contribution in [0, 0.1) is 10.1 Å². The molecular weight excluding hydrogens is 366 g/mol. The first-order valence-electron chi connectivity index (χ1n) is 6.72. The highest BCUT2D eigenvalue weighted by Crippen LogP contribution is 2.36. The number of hydrogen-bond donors (Lipinski definition) is 0. The molecule has 3 heterocycles. The second kappa shape index (κ2) is 5.31. The Balaban J connectivity index is 2.31. The minimum Gasteiger partial charge on any atom is -0.483 e. The van der Waals surface area contributed by atoms with Gasteiger partial charge in [-0.15, -0.1) is 0 Å². The van der Waals surface area contributed by atoms with Crippen molar-refractivity contribution in [3.63, 3.8) is 0 Å². The molecule has 0 atom stereocenters. The van der Waals surface area contributed by atoms with Gasteiger partial charge in [0.2, 0.25) is 0 Å². The maximum Gasteiger partial charge on any atom is 0.287 e. The van der Waals surface area contributed by atoms with E-state index in [1.807, 2.05) is 13.8 Å². The van der Waals surface area contributed by atoms with Crippen LogP contribution in [0.15, 0.2) is 46.1 Å². The molecule has 0 N–H and O–H groups in total. The molecule has 0 unspecified atom stereocenters. The van der Waals surface area contributed by atoms with Crippen LogP contribution in [-0.2, 0) is 0 Å². The van der Waals surface area contributed by atoms with E-state index >= 15 is 0 Å². The molecule has 2 aromatic heterocycles. The Labute approximate surface area is 139 Å². The fraction of sp³-hybridized carbons (Fsp3) is 0.200. The van der Waals surface area contributed by atoms with E-state index in [-0.39, 0.29) is 10.2 Å². The van der Waals surface area contributed by atoms with Gasteiger partial charge in [0.25, 0.3) is 11.2 Å². The lowest BCUT2D eigenvalue weighted by atomic mass is 10.0. The zero-order valence-electron chi connectivity index (χ0n) is 12.3. The smallest absolute Gasteiger partial charge is 0.287 e. The molecule has 0 aromatic carbocycles. The molecule has 8 heteroatoms. The van der Waals surface area contributed by atoms with Crippen molar-refractivity contribution in [2.45, 2.75) is 19.4 Å². The molecule has 0 radical (unpaired) electrons. The van der Waals surface area contributed by atoms with E-state index in [4.69, 9.17) is 4.74 Å². The number of fused-ring (bicyclic) bond motifs is 1. The lowest BCUT2D eigenvalue weighted by molar-refractivity contribution is -0.385. The summed E-state index contributed by atoms with van der Waals surface area (Å²) in [5, 5.41) is 11.1. The number of rotatable bonds is 2. The predicted molar refractivity (Wildman–Crippen MR) is 87.4 cm³/mol. The van der Waals surface area contributed by atoms with Crippen molar-refractivity contribution in [1.82, 2.24) is 9.55 Å². The molecular formula is C15H12BrN3O4. The molecule has 23 heavy (non-hydrogen) atoms. The van der Waals surface area contributed by atoms with E-state index in [0.29, 0.717) is 17.0 Å². The van der Waals surface area contributed by atoms with Gasteiger partial charge in [0.05, 0.1) is 26.9 Å². The predicted octanol–water partition coefficient (Wildman–Crippen LogP) is 2.97. The first kappa shape index (κ1) is 15.4. The summed E-state index contributed by atoms with van der Waals surface area (Å²) in [7, 11) is 0. The van der Waals surface area contributed by atoms with E-state index in [9.17, 15) is 14.9 Å². The van der Waals surface area contributed by atoms with Crippen molar-refractivity contribution in [2.75, 3.05) is 0 Å². The Hall–Kier alpha value is -2.48. The summed E-state index contributed by atoms with van der Waals surface area (Å²) < 4.78 is 7.20. The van der Waals surface area contributed by atoms with Gasteiger partial charge in [-0.3, -0.25) is 24.5 Å². The van der Waals surface area contributed by atoms with Crippen LogP contribution in [0.25, 0.3) is 5.70 Å². The molecule has 0 saturated carbocycles. The molecule has 0 fully saturated rings. The van der Waals surface area contributed by atoms with Crippen molar-refractivity contribution < 1.29 is 9.66 Å².